The highest BCUT2D eigenvalue weighted by Crippen LogP contribution is 2.58. The first-order valence-electron chi connectivity index (χ1n) is 9.57. The van der Waals surface area contributed by atoms with Gasteiger partial charge in [0, 0.05) is 0 Å². The van der Waals surface area contributed by atoms with Crippen molar-refractivity contribution >= 4 is 29.1 Å². The third-order valence-corrected chi connectivity index (χ3v) is 9.59. The van der Waals surface area contributed by atoms with Gasteiger partial charge < -0.3 is 17.5 Å². The lowest BCUT2D eigenvalue weighted by atomic mass is 10.1. The molecule has 150 valence electrons. The fourth-order valence-electron chi connectivity index (χ4n) is 3.80. The van der Waals surface area contributed by atoms with Crippen molar-refractivity contribution < 1.29 is 22.3 Å². The Bertz CT molecular complexity index is 986. The van der Waals surface area contributed by atoms with E-state index >= 15 is 0 Å². The van der Waals surface area contributed by atoms with Gasteiger partial charge in [0.15, 0.2) is 0 Å². The van der Waals surface area contributed by atoms with E-state index in [1.807, 2.05) is 12.1 Å². The van der Waals surface area contributed by atoms with Crippen molar-refractivity contribution in [1.29, 1.82) is 0 Å². The molecule has 0 aliphatic rings. The van der Waals surface area contributed by atoms with E-state index in [2.05, 4.69) is 91.0 Å². The van der Waals surface area contributed by atoms with Crippen LogP contribution in [0.3, 0.4) is 0 Å². The summed E-state index contributed by atoms with van der Waals surface area (Å²) in [7, 11) is -1.96. The molecular formula is C26H22ClO2P. The van der Waals surface area contributed by atoms with Gasteiger partial charge in [-0.25, -0.2) is 4.79 Å². The lowest BCUT2D eigenvalue weighted by Gasteiger charge is -2.27. The third kappa shape index (κ3) is 4.31. The molecule has 0 bridgehead atoms. The lowest BCUT2D eigenvalue weighted by molar-refractivity contribution is -0.0000211. The number of carboxylic acids is 1. The largest absolute Gasteiger partial charge is 1.00 e. The molecule has 30 heavy (non-hydrogen) atoms. The second kappa shape index (κ2) is 9.71. The number of hydrogen-bond donors (Lipinski definition) is 1. The van der Waals surface area contributed by atoms with Gasteiger partial charge in [-0.3, -0.25) is 0 Å². The van der Waals surface area contributed by atoms with Crippen LogP contribution < -0.4 is 28.3 Å². The number of benzene rings is 4. The molecular weight excluding hydrogens is 411 g/mol. The van der Waals surface area contributed by atoms with E-state index in [0.717, 1.165) is 11.7 Å². The summed E-state index contributed by atoms with van der Waals surface area (Å²) in [5, 5.41) is 13.2. The smallest absolute Gasteiger partial charge is 0.335 e. The Balaban J connectivity index is 0.00000256. The van der Waals surface area contributed by atoms with Crippen LogP contribution in [0.1, 0.15) is 15.9 Å². The molecule has 4 aromatic rings. The number of hydrogen-bond acceptors (Lipinski definition) is 1. The van der Waals surface area contributed by atoms with E-state index in [-0.39, 0.29) is 12.4 Å². The highest BCUT2D eigenvalue weighted by molar-refractivity contribution is 7.95. The van der Waals surface area contributed by atoms with Gasteiger partial charge in [-0.1, -0.05) is 66.7 Å². The van der Waals surface area contributed by atoms with Crippen molar-refractivity contribution in [1.82, 2.24) is 0 Å². The number of rotatable bonds is 6. The highest BCUT2D eigenvalue weighted by Gasteiger charge is 2.45. The van der Waals surface area contributed by atoms with Gasteiger partial charge >= 0.3 is 5.97 Å². The summed E-state index contributed by atoms with van der Waals surface area (Å²) < 4.78 is 0. The number of aromatic carboxylic acids is 1. The zero-order valence-electron chi connectivity index (χ0n) is 16.4. The first-order chi connectivity index (χ1) is 14.2. The maximum Gasteiger partial charge on any atom is 0.335 e. The first-order valence-corrected chi connectivity index (χ1v) is 11.5. The quantitative estimate of drug-likeness (QED) is 0.472. The fraction of sp³-hybridized carbons (Fsp3) is 0.0385. The fourth-order valence-corrected chi connectivity index (χ4v) is 8.04. The minimum Gasteiger partial charge on any atom is -1.00 e. The van der Waals surface area contributed by atoms with E-state index < -0.39 is 13.2 Å². The summed E-state index contributed by atoms with van der Waals surface area (Å²) in [6.45, 7) is 0. The molecule has 1 N–H and O–H groups in total. The summed E-state index contributed by atoms with van der Waals surface area (Å²) in [5.41, 5.74) is 1.46. The Kier molecular flexibility index (Phi) is 7.05. The molecule has 0 spiro atoms. The Morgan fingerprint density at radius 3 is 1.30 bits per heavy atom. The van der Waals surface area contributed by atoms with Crippen LogP contribution in [-0.2, 0) is 6.16 Å². The van der Waals surface area contributed by atoms with Gasteiger partial charge in [0.05, 0.1) is 11.7 Å². The van der Waals surface area contributed by atoms with Crippen molar-refractivity contribution in [2.45, 2.75) is 6.16 Å². The molecule has 4 heteroatoms. The van der Waals surface area contributed by atoms with Crippen LogP contribution in [0.15, 0.2) is 115 Å². The van der Waals surface area contributed by atoms with E-state index in [0.29, 0.717) is 5.56 Å². The Morgan fingerprint density at radius 1 is 0.600 bits per heavy atom. The van der Waals surface area contributed by atoms with Crippen LogP contribution in [0, 0.1) is 0 Å². The molecule has 0 radical (unpaired) electrons. The van der Waals surface area contributed by atoms with Crippen LogP contribution >= 0.6 is 7.26 Å². The van der Waals surface area contributed by atoms with Crippen LogP contribution in [0.2, 0.25) is 0 Å². The van der Waals surface area contributed by atoms with Gasteiger partial charge in [-0.05, 0) is 54.1 Å². The SMILES string of the molecule is O=C(O)c1ccc(C[P+](c2ccccc2)(c2ccccc2)c2ccccc2)cc1.[Cl-]. The molecule has 0 unspecified atom stereocenters. The normalized spacial score (nSPS) is 10.8. The second-order valence-electron chi connectivity index (χ2n) is 6.98. The third-order valence-electron chi connectivity index (χ3n) is 5.21. The van der Waals surface area contributed by atoms with Crippen molar-refractivity contribution in [2.75, 3.05) is 0 Å². The minimum atomic E-state index is -1.96. The predicted molar refractivity (Wildman–Crippen MR) is 122 cm³/mol. The van der Waals surface area contributed by atoms with Gasteiger partial charge in [-0.15, -0.1) is 0 Å². The maximum atomic E-state index is 11.3. The summed E-state index contributed by atoms with van der Waals surface area (Å²) in [5.74, 6) is -0.896. The van der Waals surface area contributed by atoms with Crippen LogP contribution in [0.4, 0.5) is 0 Å². The Labute approximate surface area is 184 Å². The summed E-state index contributed by atoms with van der Waals surface area (Å²) in [4.78, 5) is 11.3. The van der Waals surface area contributed by atoms with Gasteiger partial charge in [0.1, 0.15) is 23.2 Å². The van der Waals surface area contributed by atoms with Crippen molar-refractivity contribution in [2.24, 2.45) is 0 Å². The molecule has 0 saturated heterocycles. The molecule has 0 amide bonds. The lowest BCUT2D eigenvalue weighted by Crippen LogP contribution is -3.00. The van der Waals surface area contributed by atoms with Crippen molar-refractivity contribution in [3.05, 3.63) is 126 Å². The molecule has 2 nitrogen and oxygen atoms in total. The molecule has 0 atom stereocenters. The maximum absolute atomic E-state index is 11.3. The molecule has 0 aliphatic carbocycles. The number of carbonyl (C=O) groups is 1. The van der Waals surface area contributed by atoms with Crippen molar-refractivity contribution in [3.8, 4) is 0 Å². The van der Waals surface area contributed by atoms with E-state index in [1.54, 1.807) is 12.1 Å². The second-order valence-corrected chi connectivity index (χ2v) is 10.5. The number of halogens is 1. The monoisotopic (exact) mass is 432 g/mol. The van der Waals surface area contributed by atoms with Gasteiger partial charge in [-0.2, -0.15) is 0 Å². The molecule has 0 aromatic heterocycles. The zero-order valence-corrected chi connectivity index (χ0v) is 18.0. The molecule has 0 saturated carbocycles. The summed E-state index contributed by atoms with van der Waals surface area (Å²) in [6.07, 6.45) is 0.838. The summed E-state index contributed by atoms with van der Waals surface area (Å²) >= 11 is 0. The average Bonchev–Trinajstić information content (AvgIpc) is 2.79. The minimum absolute atomic E-state index is 0. The standard InChI is InChI=1S/C26H21O2P.ClH/c27-26(28)22-18-16-21(17-19-22)20-29(23-10-4-1-5-11-23,24-12-6-2-7-13-24)25-14-8-3-9-15-25;/h1-19H,20H2;1H. The molecule has 0 aliphatic heterocycles. The zero-order chi connectivity index (χ0) is 20.1. The van der Waals surface area contributed by atoms with Crippen LogP contribution in [-0.4, -0.2) is 11.1 Å². The molecule has 4 rings (SSSR count). The molecule has 0 fully saturated rings. The molecule has 4 aromatic carbocycles. The highest BCUT2D eigenvalue weighted by atomic mass is 35.5. The average molecular weight is 433 g/mol. The Morgan fingerprint density at radius 2 is 0.967 bits per heavy atom. The topological polar surface area (TPSA) is 37.3 Å². The molecule has 0 heterocycles. The van der Waals surface area contributed by atoms with Gasteiger partial charge in [0.25, 0.3) is 0 Å². The van der Waals surface area contributed by atoms with E-state index in [4.69, 9.17) is 0 Å². The van der Waals surface area contributed by atoms with Gasteiger partial charge in [0.2, 0.25) is 0 Å². The first kappa shape index (κ1) is 21.8. The van der Waals surface area contributed by atoms with E-state index in [1.165, 1.54) is 15.9 Å². The van der Waals surface area contributed by atoms with Crippen LogP contribution in [0.25, 0.3) is 0 Å². The predicted octanol–water partition coefficient (Wildman–Crippen LogP) is 1.88. The Hall–Kier alpha value is -2.93. The number of carboxylic acid groups (broad SMARTS) is 1. The van der Waals surface area contributed by atoms with E-state index in [9.17, 15) is 9.90 Å². The summed E-state index contributed by atoms with van der Waals surface area (Å²) in [6, 6.07) is 39.4. The van der Waals surface area contributed by atoms with Crippen molar-refractivity contribution in [3.63, 3.8) is 0 Å². The van der Waals surface area contributed by atoms with Crippen LogP contribution in [0.5, 0.6) is 0 Å².